The summed E-state index contributed by atoms with van der Waals surface area (Å²) in [5.41, 5.74) is 1.02. The van der Waals surface area contributed by atoms with Crippen LogP contribution in [0.4, 0.5) is 0 Å². The van der Waals surface area contributed by atoms with Crippen LogP contribution in [0.1, 0.15) is 25.5 Å². The topological polar surface area (TPSA) is 41.1 Å². The zero-order chi connectivity index (χ0) is 12.8. The number of carbonyl (C=O) groups excluding carboxylic acids is 1. The summed E-state index contributed by atoms with van der Waals surface area (Å²) in [5.74, 6) is 0.00783. The second kappa shape index (κ2) is 6.62. The van der Waals surface area contributed by atoms with Crippen LogP contribution in [-0.2, 0) is 4.79 Å². The first kappa shape index (κ1) is 14.0. The monoisotopic (exact) mass is 254 g/mol. The van der Waals surface area contributed by atoms with Crippen LogP contribution in [0.15, 0.2) is 24.3 Å². The molecule has 1 rings (SSSR count). The largest absolute Gasteiger partial charge is 0.349 e. The molecule has 0 spiro atoms. The summed E-state index contributed by atoms with van der Waals surface area (Å²) in [7, 11) is 1.84. The van der Waals surface area contributed by atoms with Crippen molar-refractivity contribution in [2.75, 3.05) is 13.6 Å². The van der Waals surface area contributed by atoms with E-state index in [1.165, 1.54) is 0 Å². The molecule has 94 valence electrons. The molecule has 1 unspecified atom stereocenters. The number of hydrogen-bond donors (Lipinski definition) is 2. The average molecular weight is 255 g/mol. The van der Waals surface area contributed by atoms with Crippen LogP contribution in [0, 0.1) is 5.92 Å². The van der Waals surface area contributed by atoms with Crippen LogP contribution in [0.2, 0.25) is 5.02 Å². The molecule has 0 aromatic heterocycles. The highest BCUT2D eigenvalue weighted by Gasteiger charge is 2.15. The molecule has 3 nitrogen and oxygen atoms in total. The fourth-order valence-electron chi connectivity index (χ4n) is 1.61. The predicted octanol–water partition coefficient (Wildman–Crippen LogP) is 2.37. The Morgan fingerprint density at radius 2 is 2.12 bits per heavy atom. The smallest absolute Gasteiger partial charge is 0.224 e. The third-order valence-electron chi connectivity index (χ3n) is 2.67. The second-order valence-corrected chi connectivity index (χ2v) is 4.68. The van der Waals surface area contributed by atoms with Gasteiger partial charge in [0.2, 0.25) is 5.91 Å². The summed E-state index contributed by atoms with van der Waals surface area (Å²) < 4.78 is 0. The molecule has 0 saturated carbocycles. The van der Waals surface area contributed by atoms with Gasteiger partial charge in [-0.1, -0.05) is 30.7 Å². The van der Waals surface area contributed by atoms with E-state index in [4.69, 9.17) is 11.6 Å². The standard InChI is InChI=1S/C13H19ClN2O/c1-9(8-15-3)13(17)16-10(2)11-5-4-6-12(14)7-11/h4-7,9-10,15H,8H2,1-3H3,(H,16,17)/t9?,10-/m1/s1. The number of halogens is 1. The molecule has 1 aromatic rings. The van der Waals surface area contributed by atoms with Gasteiger partial charge in [-0.15, -0.1) is 0 Å². The van der Waals surface area contributed by atoms with E-state index in [1.807, 2.05) is 45.2 Å². The molecule has 0 fully saturated rings. The number of nitrogens with one attached hydrogen (secondary N) is 2. The lowest BCUT2D eigenvalue weighted by atomic mass is 10.1. The fourth-order valence-corrected chi connectivity index (χ4v) is 1.81. The zero-order valence-electron chi connectivity index (χ0n) is 10.5. The van der Waals surface area contributed by atoms with E-state index >= 15 is 0 Å². The van der Waals surface area contributed by atoms with Crippen molar-refractivity contribution >= 4 is 17.5 Å². The van der Waals surface area contributed by atoms with Crippen LogP contribution >= 0.6 is 11.6 Å². The molecule has 2 atom stereocenters. The molecule has 0 aliphatic heterocycles. The highest BCUT2D eigenvalue weighted by atomic mass is 35.5. The molecule has 0 heterocycles. The second-order valence-electron chi connectivity index (χ2n) is 4.24. The minimum absolute atomic E-state index is 0.0273. The maximum Gasteiger partial charge on any atom is 0.224 e. The van der Waals surface area contributed by atoms with Crippen LogP contribution in [0.5, 0.6) is 0 Å². The number of amides is 1. The Balaban J connectivity index is 2.60. The highest BCUT2D eigenvalue weighted by Crippen LogP contribution is 2.17. The van der Waals surface area contributed by atoms with Crippen LogP contribution in [0.3, 0.4) is 0 Å². The van der Waals surface area contributed by atoms with Gasteiger partial charge in [0.15, 0.2) is 0 Å². The van der Waals surface area contributed by atoms with Crippen LogP contribution in [0.25, 0.3) is 0 Å². The molecule has 0 radical (unpaired) electrons. The predicted molar refractivity (Wildman–Crippen MR) is 71.1 cm³/mol. The SMILES string of the molecule is CNCC(C)C(=O)N[C@H](C)c1cccc(Cl)c1. The Bertz CT molecular complexity index is 381. The third-order valence-corrected chi connectivity index (χ3v) is 2.90. The van der Waals surface area contributed by atoms with E-state index in [2.05, 4.69) is 10.6 Å². The maximum absolute atomic E-state index is 11.8. The first-order chi connectivity index (χ1) is 8.04. The van der Waals surface area contributed by atoms with E-state index in [0.29, 0.717) is 11.6 Å². The van der Waals surface area contributed by atoms with Gasteiger partial charge >= 0.3 is 0 Å². The zero-order valence-corrected chi connectivity index (χ0v) is 11.2. The Hall–Kier alpha value is -1.06. The summed E-state index contributed by atoms with van der Waals surface area (Å²) in [4.78, 5) is 11.8. The summed E-state index contributed by atoms with van der Waals surface area (Å²) in [6.07, 6.45) is 0. The van der Waals surface area contributed by atoms with Crippen molar-refractivity contribution in [1.82, 2.24) is 10.6 Å². The molecule has 1 amide bonds. The van der Waals surface area contributed by atoms with Gasteiger partial charge in [0, 0.05) is 17.5 Å². The Morgan fingerprint density at radius 1 is 1.41 bits per heavy atom. The third kappa shape index (κ3) is 4.36. The summed E-state index contributed by atoms with van der Waals surface area (Å²) in [6.45, 7) is 4.53. The quantitative estimate of drug-likeness (QED) is 0.847. The Labute approximate surface area is 108 Å². The molecule has 0 aliphatic rings. The highest BCUT2D eigenvalue weighted by molar-refractivity contribution is 6.30. The molecule has 4 heteroatoms. The van der Waals surface area contributed by atoms with E-state index in [-0.39, 0.29) is 17.9 Å². The van der Waals surface area contributed by atoms with Crippen molar-refractivity contribution in [2.45, 2.75) is 19.9 Å². The lowest BCUT2D eigenvalue weighted by molar-refractivity contribution is -0.125. The molecule has 2 N–H and O–H groups in total. The Morgan fingerprint density at radius 3 is 2.71 bits per heavy atom. The van der Waals surface area contributed by atoms with Crippen LogP contribution in [-0.4, -0.2) is 19.5 Å². The van der Waals surface area contributed by atoms with Gasteiger partial charge in [0.25, 0.3) is 0 Å². The number of carbonyl (C=O) groups is 1. The van der Waals surface area contributed by atoms with Crippen molar-refractivity contribution in [3.8, 4) is 0 Å². The first-order valence-corrected chi connectivity index (χ1v) is 6.12. The van der Waals surface area contributed by atoms with Gasteiger partial charge in [-0.2, -0.15) is 0 Å². The van der Waals surface area contributed by atoms with E-state index in [0.717, 1.165) is 5.56 Å². The summed E-state index contributed by atoms with van der Waals surface area (Å²) in [5, 5.41) is 6.65. The van der Waals surface area contributed by atoms with Gasteiger partial charge in [0.05, 0.1) is 6.04 Å². The minimum atomic E-state index is -0.0402. The lowest BCUT2D eigenvalue weighted by Crippen LogP contribution is -2.35. The van der Waals surface area contributed by atoms with E-state index < -0.39 is 0 Å². The van der Waals surface area contributed by atoms with Gasteiger partial charge in [-0.3, -0.25) is 4.79 Å². The fraction of sp³-hybridized carbons (Fsp3) is 0.462. The van der Waals surface area contributed by atoms with Gasteiger partial charge in [0.1, 0.15) is 0 Å². The first-order valence-electron chi connectivity index (χ1n) is 5.75. The average Bonchev–Trinajstić information content (AvgIpc) is 2.29. The van der Waals surface area contributed by atoms with E-state index in [1.54, 1.807) is 0 Å². The molecule has 0 bridgehead atoms. The van der Waals surface area contributed by atoms with Crippen molar-refractivity contribution in [1.29, 1.82) is 0 Å². The minimum Gasteiger partial charge on any atom is -0.349 e. The van der Waals surface area contributed by atoms with Crippen LogP contribution < -0.4 is 10.6 Å². The van der Waals surface area contributed by atoms with Crippen molar-refractivity contribution in [3.63, 3.8) is 0 Å². The molecule has 0 saturated heterocycles. The number of rotatable bonds is 5. The summed E-state index contributed by atoms with van der Waals surface area (Å²) in [6, 6.07) is 7.51. The van der Waals surface area contributed by atoms with Gasteiger partial charge in [-0.25, -0.2) is 0 Å². The lowest BCUT2D eigenvalue weighted by Gasteiger charge is -2.18. The van der Waals surface area contributed by atoms with E-state index in [9.17, 15) is 4.79 Å². The number of hydrogen-bond acceptors (Lipinski definition) is 2. The van der Waals surface area contributed by atoms with Gasteiger partial charge < -0.3 is 10.6 Å². The Kier molecular flexibility index (Phi) is 5.45. The molecule has 17 heavy (non-hydrogen) atoms. The number of benzene rings is 1. The van der Waals surface area contributed by atoms with Gasteiger partial charge in [-0.05, 0) is 31.7 Å². The maximum atomic E-state index is 11.8. The van der Waals surface area contributed by atoms with Crippen molar-refractivity contribution in [2.24, 2.45) is 5.92 Å². The normalized spacial score (nSPS) is 14.1. The molecular weight excluding hydrogens is 236 g/mol. The van der Waals surface area contributed by atoms with Crippen molar-refractivity contribution in [3.05, 3.63) is 34.9 Å². The summed E-state index contributed by atoms with van der Waals surface area (Å²) >= 11 is 5.92. The van der Waals surface area contributed by atoms with Crippen molar-refractivity contribution < 1.29 is 4.79 Å². The molecule has 1 aromatic carbocycles. The molecule has 0 aliphatic carbocycles. The molecular formula is C13H19ClN2O.